The van der Waals surface area contributed by atoms with Crippen LogP contribution in [0.3, 0.4) is 0 Å². The molecule has 0 amide bonds. The molecular weight excluding hydrogens is 1240 g/mol. The Kier molecular flexibility index (Phi) is 13.9. The number of piperidine rings is 2. The largest absolute Gasteiger partial charge is 0.365 e. The van der Waals surface area contributed by atoms with Crippen LogP contribution in [0.25, 0.3) is 94.3 Å². The van der Waals surface area contributed by atoms with E-state index in [4.69, 9.17) is 0 Å². The highest BCUT2D eigenvalue weighted by Crippen LogP contribution is 2.58. The van der Waals surface area contributed by atoms with Crippen molar-refractivity contribution in [1.82, 2.24) is 4.57 Å². The molecule has 13 aromatic carbocycles. The summed E-state index contributed by atoms with van der Waals surface area (Å²) in [5.41, 5.74) is 34.8. The van der Waals surface area contributed by atoms with E-state index in [2.05, 4.69) is 360 Å². The van der Waals surface area contributed by atoms with Crippen molar-refractivity contribution in [1.29, 1.82) is 0 Å². The quantitative estimate of drug-likeness (QED) is 0.141. The van der Waals surface area contributed by atoms with Gasteiger partial charge in [-0.25, -0.2) is 0 Å². The van der Waals surface area contributed by atoms with E-state index < -0.39 is 5.41 Å². The van der Waals surface area contributed by atoms with Gasteiger partial charge in [0.2, 0.25) is 0 Å². The lowest BCUT2D eigenvalue weighted by Crippen LogP contribution is -2.62. The fraction of sp³-hybridized carbons (Fsp3) is 0.204. The van der Waals surface area contributed by atoms with E-state index in [0.717, 1.165) is 45.5 Å². The van der Waals surface area contributed by atoms with Crippen molar-refractivity contribution in [3.63, 3.8) is 0 Å². The molecular formula is C98H85BN4. The molecule has 2 aliphatic carbocycles. The minimum absolute atomic E-state index is 0.0454. The molecule has 2 saturated carbocycles. The molecule has 0 unspecified atom stereocenters. The number of rotatable bonds is 8. The number of aromatic nitrogens is 1. The van der Waals surface area contributed by atoms with Gasteiger partial charge < -0.3 is 19.3 Å². The summed E-state index contributed by atoms with van der Waals surface area (Å²) in [5.74, 6) is 1.66. The molecule has 8 bridgehead atoms. The molecule has 8 aliphatic rings. The van der Waals surface area contributed by atoms with Crippen LogP contribution in [0.2, 0.25) is 0 Å². The molecule has 103 heavy (non-hydrogen) atoms. The first-order valence-electron chi connectivity index (χ1n) is 37.7. The number of fused-ring (bicyclic) bond motifs is 9. The SMILES string of the molecule is CC(C)(C)c1ccc2c(c1)c1cc(C(C)(C)C)ccc1n2-c1ccc2c(c1)N(c1c(-c3ccccc3)cc(-c3ccccc3)cc1-c1ccccc1)c1cc3cc4c1B2c1ccc(N2C5CC6CC(C5)CC2C6)cc1N4c1c(-c2ccccc2)cc(-c2ccccc2)cc1-c1ccc(cc1)C3(C)C. The number of nitrogens with zero attached hydrogens (tertiary/aromatic N) is 4. The number of anilines is 7. The molecule has 2 saturated heterocycles. The van der Waals surface area contributed by atoms with Crippen LogP contribution >= 0.6 is 0 Å². The van der Waals surface area contributed by atoms with Gasteiger partial charge in [-0.05, 0) is 223 Å². The number of benzene rings is 13. The Morgan fingerprint density at radius 1 is 0.330 bits per heavy atom. The predicted molar refractivity (Wildman–Crippen MR) is 437 cm³/mol. The smallest absolute Gasteiger partial charge is 0.252 e. The molecule has 0 spiro atoms. The van der Waals surface area contributed by atoms with Crippen LogP contribution < -0.4 is 31.1 Å². The van der Waals surface area contributed by atoms with Crippen molar-refractivity contribution < 1.29 is 0 Å². The van der Waals surface area contributed by atoms with Gasteiger partial charge in [-0.3, -0.25) is 0 Å². The van der Waals surface area contributed by atoms with E-state index in [0.29, 0.717) is 12.1 Å². The van der Waals surface area contributed by atoms with E-state index in [-0.39, 0.29) is 17.5 Å². The maximum Gasteiger partial charge on any atom is 0.252 e. The molecule has 22 rings (SSSR count). The first kappa shape index (κ1) is 61.9. The van der Waals surface area contributed by atoms with Crippen LogP contribution in [0.15, 0.2) is 285 Å². The van der Waals surface area contributed by atoms with Gasteiger partial charge in [0.05, 0.1) is 22.4 Å². The van der Waals surface area contributed by atoms with Gasteiger partial charge >= 0.3 is 0 Å². The minimum Gasteiger partial charge on any atom is -0.365 e. The summed E-state index contributed by atoms with van der Waals surface area (Å²) in [4.78, 5) is 8.50. The van der Waals surface area contributed by atoms with E-state index >= 15 is 0 Å². The Hall–Kier alpha value is -10.9. The topological polar surface area (TPSA) is 14.7 Å². The lowest BCUT2D eigenvalue weighted by molar-refractivity contribution is 0.0900. The average molecular weight is 1330 g/mol. The van der Waals surface area contributed by atoms with Gasteiger partial charge in [0.15, 0.2) is 0 Å². The monoisotopic (exact) mass is 1330 g/mol. The average Bonchev–Trinajstić information content (AvgIpc) is 1.19. The van der Waals surface area contributed by atoms with Gasteiger partial charge in [0.1, 0.15) is 0 Å². The molecule has 6 aliphatic heterocycles. The first-order chi connectivity index (χ1) is 50.1. The second-order valence-corrected chi connectivity index (χ2v) is 33.3. The van der Waals surface area contributed by atoms with E-state index in [1.807, 2.05) is 0 Å². The van der Waals surface area contributed by atoms with Crippen molar-refractivity contribution in [2.24, 2.45) is 11.8 Å². The summed E-state index contributed by atoms with van der Waals surface area (Å²) in [5, 5.41) is 2.56. The lowest BCUT2D eigenvalue weighted by atomic mass is 9.33. The maximum absolute atomic E-state index is 2.92. The van der Waals surface area contributed by atoms with Crippen LogP contribution in [-0.4, -0.2) is 23.4 Å². The number of hydrogen-bond donors (Lipinski definition) is 0. The molecule has 0 N–H and O–H groups in total. The molecule has 0 atom stereocenters. The molecule has 0 radical (unpaired) electrons. The van der Waals surface area contributed by atoms with Gasteiger partial charge in [-0.1, -0.05) is 256 Å². The highest BCUT2D eigenvalue weighted by atomic mass is 15.2. The third-order valence-electron chi connectivity index (χ3n) is 24.7. The zero-order valence-electron chi connectivity index (χ0n) is 60.3. The highest BCUT2D eigenvalue weighted by molar-refractivity contribution is 7.00. The Morgan fingerprint density at radius 3 is 1.12 bits per heavy atom. The fourth-order valence-corrected chi connectivity index (χ4v) is 19.6. The second-order valence-electron chi connectivity index (χ2n) is 33.3. The zero-order chi connectivity index (χ0) is 69.4. The lowest BCUT2D eigenvalue weighted by Gasteiger charge is -2.57. The van der Waals surface area contributed by atoms with Crippen LogP contribution in [-0.2, 0) is 16.2 Å². The van der Waals surface area contributed by atoms with Crippen LogP contribution in [0, 0.1) is 11.8 Å². The van der Waals surface area contributed by atoms with E-state index in [1.54, 1.807) is 0 Å². The van der Waals surface area contributed by atoms with Crippen LogP contribution in [0.5, 0.6) is 0 Å². The molecule has 1 aromatic heterocycles. The minimum atomic E-state index is -0.469. The van der Waals surface area contributed by atoms with Crippen molar-refractivity contribution in [2.45, 2.75) is 116 Å². The molecule has 7 heterocycles. The highest BCUT2D eigenvalue weighted by Gasteiger charge is 2.50. The van der Waals surface area contributed by atoms with Crippen molar-refractivity contribution in [2.75, 3.05) is 14.7 Å². The summed E-state index contributed by atoms with van der Waals surface area (Å²) in [6.45, 7) is 18.8. The van der Waals surface area contributed by atoms with E-state index in [9.17, 15) is 0 Å². The maximum atomic E-state index is 2.92. The van der Waals surface area contributed by atoms with Gasteiger partial charge in [0, 0.05) is 84.6 Å². The normalized spacial score (nSPS) is 18.1. The van der Waals surface area contributed by atoms with Gasteiger partial charge in [0.25, 0.3) is 6.71 Å². The standard InChI is InChI=1S/C98H85BN4/c1-96(2,3)72-38-44-87-83(55-72)84-56-73(97(4,5)6)39-45-88(84)101(87)76-41-43-86-90(60-76)103(94-79(65-28-18-11-19-29-65)51-69(63-24-14-9-15-25-63)52-80(94)66-30-20-12-21-31-66)92-58-74-57-91-93(92)99(86)85-42-40-75(100-77-47-61-46-62(49-77)50-78(100)48-61)59-89(85)102(91)95-81(67-32-22-13-23-33-67)53-70(64-26-16-10-17-27-64)54-82(95)68-34-36-71(37-35-68)98(74,7)8/h9-45,51-62,77-78H,46-50H2,1-8H3. The Bertz CT molecular complexity index is 5580. The summed E-state index contributed by atoms with van der Waals surface area (Å²) in [7, 11) is 0. The number of hydrogen-bond acceptors (Lipinski definition) is 3. The summed E-state index contributed by atoms with van der Waals surface area (Å²) >= 11 is 0. The summed E-state index contributed by atoms with van der Waals surface area (Å²) in [6, 6.07) is 112. The Labute approximate surface area is 607 Å². The third kappa shape index (κ3) is 9.85. The third-order valence-corrected chi connectivity index (χ3v) is 24.7. The van der Waals surface area contributed by atoms with Crippen molar-refractivity contribution >= 4 is 84.7 Å². The summed E-state index contributed by atoms with van der Waals surface area (Å²) in [6.07, 6.45) is 6.56. The van der Waals surface area contributed by atoms with Crippen LogP contribution in [0.4, 0.5) is 39.8 Å². The Balaban J connectivity index is 0.953. The molecule has 5 heteroatoms. The first-order valence-corrected chi connectivity index (χ1v) is 37.7. The predicted octanol–water partition coefficient (Wildman–Crippen LogP) is 23.9. The van der Waals surface area contributed by atoms with Crippen LogP contribution in [0.1, 0.15) is 110 Å². The molecule has 4 nitrogen and oxygen atoms in total. The fourth-order valence-electron chi connectivity index (χ4n) is 19.6. The van der Waals surface area contributed by atoms with Gasteiger partial charge in [-0.2, -0.15) is 0 Å². The molecule has 14 aromatic rings. The second kappa shape index (κ2) is 23.1. The van der Waals surface area contributed by atoms with E-state index in [1.165, 1.54) is 171 Å². The Morgan fingerprint density at radius 2 is 0.709 bits per heavy atom. The molecule has 500 valence electrons. The van der Waals surface area contributed by atoms with Crippen molar-refractivity contribution in [3.8, 4) is 72.4 Å². The molecule has 4 fully saturated rings. The zero-order valence-corrected chi connectivity index (χ0v) is 60.3. The summed E-state index contributed by atoms with van der Waals surface area (Å²) < 4.78 is 2.59. The van der Waals surface area contributed by atoms with Crippen molar-refractivity contribution in [3.05, 3.63) is 307 Å². The van der Waals surface area contributed by atoms with Gasteiger partial charge in [-0.15, -0.1) is 0 Å².